The Morgan fingerprint density at radius 3 is 2.94 bits per heavy atom. The minimum absolute atomic E-state index is 0.0169. The van der Waals surface area contributed by atoms with Gasteiger partial charge in [-0.2, -0.15) is 0 Å². The first-order valence-electron chi connectivity index (χ1n) is 6.00. The summed E-state index contributed by atoms with van der Waals surface area (Å²) >= 11 is 5.64. The lowest BCUT2D eigenvalue weighted by atomic mass is 10.1. The van der Waals surface area contributed by atoms with Crippen molar-refractivity contribution in [3.8, 4) is 5.75 Å². The largest absolute Gasteiger partial charge is 0.487 e. The Kier molecular flexibility index (Phi) is 4.10. The van der Waals surface area contributed by atoms with Crippen LogP contribution in [0.25, 0.3) is 0 Å². The molecule has 2 N–H and O–H groups in total. The Labute approximate surface area is 111 Å². The molecule has 1 unspecified atom stereocenters. The molecule has 0 radical (unpaired) electrons. The van der Waals surface area contributed by atoms with E-state index in [1.807, 2.05) is 0 Å². The molecule has 3 nitrogen and oxygen atoms in total. The Balaban J connectivity index is 1.86. The van der Waals surface area contributed by atoms with Gasteiger partial charge in [0.05, 0.1) is 5.02 Å². The van der Waals surface area contributed by atoms with E-state index in [-0.39, 0.29) is 17.4 Å². The van der Waals surface area contributed by atoms with E-state index in [0.29, 0.717) is 12.6 Å². The molecule has 2 rings (SSSR count). The Hall–Kier alpha value is -0.840. The molecule has 0 spiro atoms. The van der Waals surface area contributed by atoms with E-state index in [1.54, 1.807) is 13.0 Å². The summed E-state index contributed by atoms with van der Waals surface area (Å²) in [5.41, 5.74) is -1.03. The van der Waals surface area contributed by atoms with Crippen LogP contribution in [-0.4, -0.2) is 29.9 Å². The zero-order valence-corrected chi connectivity index (χ0v) is 11.0. The van der Waals surface area contributed by atoms with Gasteiger partial charge >= 0.3 is 0 Å². The van der Waals surface area contributed by atoms with Crippen LogP contribution in [0.1, 0.15) is 19.8 Å². The average Bonchev–Trinajstić information content (AvgIpc) is 3.13. The topological polar surface area (TPSA) is 41.5 Å². The molecule has 0 bridgehead atoms. The van der Waals surface area contributed by atoms with Gasteiger partial charge in [0.25, 0.3) is 0 Å². The van der Waals surface area contributed by atoms with Crippen molar-refractivity contribution >= 4 is 11.6 Å². The van der Waals surface area contributed by atoms with Gasteiger partial charge in [-0.25, -0.2) is 4.39 Å². The highest BCUT2D eigenvalue weighted by Gasteiger charge is 2.27. The monoisotopic (exact) mass is 273 g/mol. The van der Waals surface area contributed by atoms with Crippen LogP contribution in [-0.2, 0) is 0 Å². The molecule has 0 heterocycles. The van der Waals surface area contributed by atoms with Crippen LogP contribution in [0.4, 0.5) is 4.39 Å². The molecule has 1 aliphatic rings. The Bertz CT molecular complexity index is 421. The van der Waals surface area contributed by atoms with Crippen LogP contribution in [0.2, 0.25) is 5.02 Å². The van der Waals surface area contributed by atoms with Gasteiger partial charge in [-0.1, -0.05) is 17.7 Å². The molecule has 0 saturated heterocycles. The van der Waals surface area contributed by atoms with Gasteiger partial charge in [-0.3, -0.25) is 0 Å². The predicted octanol–water partition coefficient (Wildman–Crippen LogP) is 2.36. The van der Waals surface area contributed by atoms with Crippen LogP contribution < -0.4 is 10.1 Å². The third-order valence-corrected chi connectivity index (χ3v) is 3.10. The summed E-state index contributed by atoms with van der Waals surface area (Å²) in [5, 5.41) is 13.3. The third kappa shape index (κ3) is 3.83. The molecular weight excluding hydrogens is 257 g/mol. The summed E-state index contributed by atoms with van der Waals surface area (Å²) < 4.78 is 18.8. The SMILES string of the molecule is CC(O)(CNC1CC1)COc1cccc(Cl)c1F. The smallest absolute Gasteiger partial charge is 0.183 e. The minimum Gasteiger partial charge on any atom is -0.487 e. The fraction of sp³-hybridized carbons (Fsp3) is 0.538. The quantitative estimate of drug-likeness (QED) is 0.836. The molecule has 0 amide bonds. The van der Waals surface area contributed by atoms with Crippen molar-refractivity contribution in [3.05, 3.63) is 29.0 Å². The number of hydrogen-bond acceptors (Lipinski definition) is 3. The molecule has 5 heteroatoms. The van der Waals surface area contributed by atoms with E-state index in [9.17, 15) is 9.50 Å². The fourth-order valence-corrected chi connectivity index (χ4v) is 1.70. The summed E-state index contributed by atoms with van der Waals surface area (Å²) in [4.78, 5) is 0. The van der Waals surface area contributed by atoms with E-state index in [2.05, 4.69) is 5.32 Å². The van der Waals surface area contributed by atoms with Crippen molar-refractivity contribution in [3.63, 3.8) is 0 Å². The van der Waals surface area contributed by atoms with Gasteiger partial charge in [0.15, 0.2) is 11.6 Å². The zero-order chi connectivity index (χ0) is 13.2. The molecular formula is C13H17ClFNO2. The number of ether oxygens (including phenoxy) is 1. The van der Waals surface area contributed by atoms with Crippen molar-refractivity contribution < 1.29 is 14.2 Å². The fourth-order valence-electron chi connectivity index (χ4n) is 1.53. The standard InChI is InChI=1S/C13H17ClFNO2/c1-13(17,7-16-9-5-6-9)8-18-11-4-2-3-10(14)12(11)15/h2-4,9,16-17H,5-8H2,1H3. The first-order chi connectivity index (χ1) is 8.48. The second-order valence-corrected chi connectivity index (χ2v) is 5.40. The molecule has 1 aromatic rings. The van der Waals surface area contributed by atoms with Crippen LogP contribution in [0.3, 0.4) is 0 Å². The van der Waals surface area contributed by atoms with Crippen molar-refractivity contribution in [2.75, 3.05) is 13.2 Å². The predicted molar refractivity (Wildman–Crippen MR) is 68.6 cm³/mol. The molecule has 0 aromatic heterocycles. The maximum atomic E-state index is 13.5. The lowest BCUT2D eigenvalue weighted by molar-refractivity contribution is 0.0109. The van der Waals surface area contributed by atoms with E-state index < -0.39 is 11.4 Å². The van der Waals surface area contributed by atoms with Gasteiger partial charge in [-0.15, -0.1) is 0 Å². The maximum absolute atomic E-state index is 13.5. The summed E-state index contributed by atoms with van der Waals surface area (Å²) in [5.74, 6) is -0.528. The maximum Gasteiger partial charge on any atom is 0.183 e. The molecule has 1 aliphatic carbocycles. The molecule has 1 fully saturated rings. The number of rotatable bonds is 6. The molecule has 1 aromatic carbocycles. The van der Waals surface area contributed by atoms with Gasteiger partial charge in [-0.05, 0) is 31.9 Å². The van der Waals surface area contributed by atoms with Crippen molar-refractivity contribution in [2.45, 2.75) is 31.4 Å². The summed E-state index contributed by atoms with van der Waals surface area (Å²) in [6, 6.07) is 5.07. The number of halogens is 2. The lowest BCUT2D eigenvalue weighted by Gasteiger charge is -2.24. The Morgan fingerprint density at radius 2 is 2.28 bits per heavy atom. The highest BCUT2D eigenvalue weighted by Crippen LogP contribution is 2.25. The van der Waals surface area contributed by atoms with Crippen molar-refractivity contribution in [1.29, 1.82) is 0 Å². The van der Waals surface area contributed by atoms with E-state index in [0.717, 1.165) is 12.8 Å². The summed E-state index contributed by atoms with van der Waals surface area (Å²) in [7, 11) is 0. The third-order valence-electron chi connectivity index (χ3n) is 2.80. The van der Waals surface area contributed by atoms with E-state index in [4.69, 9.17) is 16.3 Å². The molecule has 18 heavy (non-hydrogen) atoms. The summed E-state index contributed by atoms with van der Waals surface area (Å²) in [6.45, 7) is 2.11. The highest BCUT2D eigenvalue weighted by atomic mass is 35.5. The van der Waals surface area contributed by atoms with Gasteiger partial charge < -0.3 is 15.2 Å². The number of benzene rings is 1. The molecule has 1 atom stereocenters. The lowest BCUT2D eigenvalue weighted by Crippen LogP contribution is -2.43. The molecule has 0 aliphatic heterocycles. The van der Waals surface area contributed by atoms with Crippen molar-refractivity contribution in [1.82, 2.24) is 5.32 Å². The first-order valence-corrected chi connectivity index (χ1v) is 6.38. The average molecular weight is 274 g/mol. The number of aliphatic hydroxyl groups is 1. The number of nitrogens with one attached hydrogen (secondary N) is 1. The van der Waals surface area contributed by atoms with Gasteiger partial charge in [0, 0.05) is 12.6 Å². The second kappa shape index (κ2) is 5.43. The van der Waals surface area contributed by atoms with Crippen LogP contribution in [0.5, 0.6) is 5.75 Å². The molecule has 100 valence electrons. The van der Waals surface area contributed by atoms with Crippen LogP contribution in [0, 0.1) is 5.82 Å². The Morgan fingerprint density at radius 1 is 1.56 bits per heavy atom. The van der Waals surface area contributed by atoms with E-state index in [1.165, 1.54) is 12.1 Å². The second-order valence-electron chi connectivity index (χ2n) is 4.99. The minimum atomic E-state index is -1.03. The highest BCUT2D eigenvalue weighted by molar-refractivity contribution is 6.30. The van der Waals surface area contributed by atoms with Gasteiger partial charge in [0.2, 0.25) is 0 Å². The van der Waals surface area contributed by atoms with E-state index >= 15 is 0 Å². The first kappa shape index (κ1) is 13.6. The van der Waals surface area contributed by atoms with Crippen LogP contribution >= 0.6 is 11.6 Å². The van der Waals surface area contributed by atoms with Crippen LogP contribution in [0.15, 0.2) is 18.2 Å². The molecule has 1 saturated carbocycles. The van der Waals surface area contributed by atoms with Gasteiger partial charge in [0.1, 0.15) is 12.2 Å². The summed E-state index contributed by atoms with van der Waals surface area (Å²) in [6.07, 6.45) is 2.31. The number of hydrogen-bond donors (Lipinski definition) is 2. The zero-order valence-electron chi connectivity index (χ0n) is 10.2. The normalized spacial score (nSPS) is 18.4. The van der Waals surface area contributed by atoms with Crippen molar-refractivity contribution in [2.24, 2.45) is 0 Å².